The third kappa shape index (κ3) is 1.14. The van der Waals surface area contributed by atoms with E-state index in [1.807, 2.05) is 0 Å². The summed E-state index contributed by atoms with van der Waals surface area (Å²) >= 11 is 0. The van der Waals surface area contributed by atoms with Crippen molar-refractivity contribution in [3.05, 3.63) is 12.2 Å². The summed E-state index contributed by atoms with van der Waals surface area (Å²) in [6.07, 6.45) is 5.73. The van der Waals surface area contributed by atoms with Gasteiger partial charge < -0.3 is 4.43 Å². The van der Waals surface area contributed by atoms with Crippen molar-refractivity contribution >= 4 is 9.76 Å². The van der Waals surface area contributed by atoms with Crippen molar-refractivity contribution in [2.45, 2.75) is 12.0 Å². The highest BCUT2D eigenvalue weighted by molar-refractivity contribution is 6.31. The molecule has 0 radical (unpaired) electrons. The molecular formula is C5H10OSi. The van der Waals surface area contributed by atoms with E-state index in [9.17, 15) is 0 Å². The molecule has 0 bridgehead atoms. The molecule has 1 rings (SSSR count). The van der Waals surface area contributed by atoms with E-state index >= 15 is 0 Å². The van der Waals surface area contributed by atoms with Gasteiger partial charge >= 0.3 is 0 Å². The van der Waals surface area contributed by atoms with Crippen LogP contribution in [0.25, 0.3) is 0 Å². The van der Waals surface area contributed by atoms with E-state index in [1.54, 1.807) is 7.11 Å². The summed E-state index contributed by atoms with van der Waals surface area (Å²) in [5.41, 5.74) is 0.866. The Morgan fingerprint density at radius 3 is 2.71 bits per heavy atom. The summed E-state index contributed by atoms with van der Waals surface area (Å²) in [5, 5.41) is 0. The van der Waals surface area contributed by atoms with E-state index in [4.69, 9.17) is 4.43 Å². The molecule has 1 nitrogen and oxygen atoms in total. The van der Waals surface area contributed by atoms with E-state index in [2.05, 4.69) is 12.2 Å². The number of rotatable bonds is 2. The molecule has 0 aromatic rings. The van der Waals surface area contributed by atoms with Crippen molar-refractivity contribution in [1.29, 1.82) is 0 Å². The third-order valence-corrected chi connectivity index (χ3v) is 2.59. The Hall–Kier alpha value is -0.0831. The van der Waals surface area contributed by atoms with Gasteiger partial charge in [-0.2, -0.15) is 0 Å². The van der Waals surface area contributed by atoms with Crippen LogP contribution in [0.1, 0.15) is 6.42 Å². The molecule has 0 aromatic heterocycles. The Morgan fingerprint density at radius 2 is 2.57 bits per heavy atom. The maximum atomic E-state index is 5.03. The van der Waals surface area contributed by atoms with Crippen molar-refractivity contribution in [3.8, 4) is 0 Å². The zero-order valence-corrected chi connectivity index (χ0v) is 5.97. The molecule has 0 spiro atoms. The van der Waals surface area contributed by atoms with E-state index < -0.39 is 0 Å². The molecule has 0 aliphatic heterocycles. The van der Waals surface area contributed by atoms with Crippen molar-refractivity contribution in [2.75, 3.05) is 7.11 Å². The van der Waals surface area contributed by atoms with Crippen molar-refractivity contribution in [1.82, 2.24) is 0 Å². The monoisotopic (exact) mass is 114 g/mol. The topological polar surface area (TPSA) is 9.23 Å². The number of hydrogen-bond donors (Lipinski definition) is 0. The summed E-state index contributed by atoms with van der Waals surface area (Å²) in [6, 6.07) is 0. The highest BCUT2D eigenvalue weighted by Crippen LogP contribution is 2.20. The first-order valence-corrected chi connectivity index (χ1v) is 3.98. The molecule has 0 aromatic carbocycles. The first-order chi connectivity index (χ1) is 3.43. The SMILES string of the molecule is CO[SiH2]C1C=CC1. The zero-order valence-electron chi connectivity index (χ0n) is 4.55. The minimum atomic E-state index is -0.154. The fraction of sp³-hybridized carbons (Fsp3) is 0.600. The lowest BCUT2D eigenvalue weighted by Gasteiger charge is -2.14. The Kier molecular flexibility index (Phi) is 1.65. The van der Waals surface area contributed by atoms with Gasteiger partial charge in [0.15, 0.2) is 9.76 Å². The lowest BCUT2D eigenvalue weighted by molar-refractivity contribution is 0.433. The van der Waals surface area contributed by atoms with Gasteiger partial charge in [-0.05, 0) is 12.0 Å². The van der Waals surface area contributed by atoms with Crippen LogP contribution in [0.15, 0.2) is 12.2 Å². The molecule has 40 valence electrons. The smallest absolute Gasteiger partial charge is 0.168 e. The molecule has 1 atom stereocenters. The summed E-state index contributed by atoms with van der Waals surface area (Å²) < 4.78 is 5.03. The largest absolute Gasteiger partial charge is 0.427 e. The summed E-state index contributed by atoms with van der Waals surface area (Å²) in [6.45, 7) is 0. The molecular weight excluding hydrogens is 104 g/mol. The average molecular weight is 114 g/mol. The third-order valence-electron chi connectivity index (χ3n) is 1.23. The van der Waals surface area contributed by atoms with Crippen LogP contribution in [0.2, 0.25) is 5.54 Å². The first kappa shape index (κ1) is 5.06. The van der Waals surface area contributed by atoms with Crippen LogP contribution in [0.4, 0.5) is 0 Å². The molecule has 2 heteroatoms. The molecule has 1 unspecified atom stereocenters. The molecule has 0 amide bonds. The Labute approximate surface area is 46.3 Å². The van der Waals surface area contributed by atoms with Crippen LogP contribution in [-0.4, -0.2) is 16.9 Å². The predicted octanol–water partition coefficient (Wildman–Crippen LogP) is 0.465. The minimum Gasteiger partial charge on any atom is -0.427 e. The highest BCUT2D eigenvalue weighted by Gasteiger charge is 2.08. The fourth-order valence-electron chi connectivity index (χ4n) is 0.666. The van der Waals surface area contributed by atoms with Gasteiger partial charge in [-0.1, -0.05) is 12.2 Å². The Morgan fingerprint density at radius 1 is 1.86 bits per heavy atom. The lowest BCUT2D eigenvalue weighted by atomic mass is 10.1. The molecule has 0 saturated heterocycles. The summed E-state index contributed by atoms with van der Waals surface area (Å²) in [7, 11) is 1.65. The number of hydrogen-bond acceptors (Lipinski definition) is 1. The van der Waals surface area contributed by atoms with E-state index in [0.717, 1.165) is 5.54 Å². The second kappa shape index (κ2) is 2.28. The van der Waals surface area contributed by atoms with Gasteiger partial charge in [-0.25, -0.2) is 0 Å². The van der Waals surface area contributed by atoms with Gasteiger partial charge in [-0.15, -0.1) is 0 Å². The van der Waals surface area contributed by atoms with Gasteiger partial charge in [-0.3, -0.25) is 0 Å². The summed E-state index contributed by atoms with van der Waals surface area (Å²) in [5.74, 6) is 0. The molecule has 0 saturated carbocycles. The van der Waals surface area contributed by atoms with Crippen LogP contribution in [0.3, 0.4) is 0 Å². The molecule has 0 fully saturated rings. The molecule has 1 aliphatic carbocycles. The van der Waals surface area contributed by atoms with Crippen LogP contribution < -0.4 is 0 Å². The van der Waals surface area contributed by atoms with Crippen LogP contribution in [0.5, 0.6) is 0 Å². The van der Waals surface area contributed by atoms with Gasteiger partial charge in [0.2, 0.25) is 0 Å². The maximum absolute atomic E-state index is 5.03. The van der Waals surface area contributed by atoms with Gasteiger partial charge in [0, 0.05) is 7.11 Å². The molecule has 1 aliphatic rings. The minimum absolute atomic E-state index is 0.154. The normalized spacial score (nSPS) is 29.0. The second-order valence-electron chi connectivity index (χ2n) is 1.88. The predicted molar refractivity (Wildman–Crippen MR) is 33.1 cm³/mol. The Balaban J connectivity index is 2.06. The van der Waals surface area contributed by atoms with E-state index in [1.165, 1.54) is 6.42 Å². The van der Waals surface area contributed by atoms with Crippen molar-refractivity contribution in [2.24, 2.45) is 0 Å². The molecule has 7 heavy (non-hydrogen) atoms. The highest BCUT2D eigenvalue weighted by atomic mass is 28.2. The van der Waals surface area contributed by atoms with E-state index in [-0.39, 0.29) is 9.76 Å². The van der Waals surface area contributed by atoms with Crippen molar-refractivity contribution in [3.63, 3.8) is 0 Å². The van der Waals surface area contributed by atoms with Crippen molar-refractivity contribution < 1.29 is 4.43 Å². The standard InChI is InChI=1S/C5H10OSi/c1-6-7-5-3-2-4-5/h2-3,5H,4,7H2,1H3. The number of allylic oxidation sites excluding steroid dienone is 2. The second-order valence-corrected chi connectivity index (χ2v) is 3.84. The van der Waals surface area contributed by atoms with Gasteiger partial charge in [0.05, 0.1) is 0 Å². The first-order valence-electron chi connectivity index (χ1n) is 2.59. The van der Waals surface area contributed by atoms with Gasteiger partial charge in [0.1, 0.15) is 0 Å². The summed E-state index contributed by atoms with van der Waals surface area (Å²) in [4.78, 5) is 0. The van der Waals surface area contributed by atoms with Gasteiger partial charge in [0.25, 0.3) is 0 Å². The lowest BCUT2D eigenvalue weighted by Crippen LogP contribution is -2.07. The molecule has 0 N–H and O–H groups in total. The molecule has 0 heterocycles. The van der Waals surface area contributed by atoms with Crippen LogP contribution in [0, 0.1) is 0 Å². The quantitative estimate of drug-likeness (QED) is 0.374. The maximum Gasteiger partial charge on any atom is 0.168 e. The Bertz CT molecular complexity index is 80.1. The fourth-order valence-corrected chi connectivity index (χ4v) is 1.73. The van der Waals surface area contributed by atoms with Crippen LogP contribution >= 0.6 is 0 Å². The van der Waals surface area contributed by atoms with Crippen LogP contribution in [-0.2, 0) is 4.43 Å². The van der Waals surface area contributed by atoms with E-state index in [0.29, 0.717) is 0 Å². The zero-order chi connectivity index (χ0) is 5.11. The average Bonchev–Trinajstić information content (AvgIpc) is 1.55.